The number of nitriles is 1. The number of carbonyl (C=O) groups excluding carboxylic acids is 1. The molecule has 0 radical (unpaired) electrons. The predicted octanol–water partition coefficient (Wildman–Crippen LogP) is 2.18. The van der Waals surface area contributed by atoms with Gasteiger partial charge in [-0.3, -0.25) is 4.79 Å². The third-order valence-electron chi connectivity index (χ3n) is 3.44. The monoisotopic (exact) mass is 287 g/mol. The minimum Gasteiger partial charge on any atom is -0.319 e. The minimum atomic E-state index is -0.728. The third kappa shape index (κ3) is 3.01. The summed E-state index contributed by atoms with van der Waals surface area (Å²) in [4.78, 5) is 13.1. The molecule has 5 heteroatoms. The van der Waals surface area contributed by atoms with Crippen LogP contribution < -0.4 is 11.1 Å². The van der Waals surface area contributed by atoms with Crippen LogP contribution in [0.5, 0.6) is 0 Å². The van der Waals surface area contributed by atoms with Gasteiger partial charge in [-0.1, -0.05) is 6.42 Å². The molecule has 0 aromatic carbocycles. The Morgan fingerprint density at radius 3 is 2.90 bits per heavy atom. The number of nitrogens with two attached hydrogens (primary N) is 1. The van der Waals surface area contributed by atoms with E-state index in [-0.39, 0.29) is 12.3 Å². The summed E-state index contributed by atoms with van der Waals surface area (Å²) in [7, 11) is 0. The van der Waals surface area contributed by atoms with Gasteiger partial charge >= 0.3 is 0 Å². The lowest BCUT2D eigenvalue weighted by molar-refractivity contribution is -0.117. The summed E-state index contributed by atoms with van der Waals surface area (Å²) in [6.07, 6.45) is 10.7. The predicted molar refractivity (Wildman–Crippen MR) is 80.3 cm³/mol. The largest absolute Gasteiger partial charge is 0.319 e. The van der Waals surface area contributed by atoms with Gasteiger partial charge in [0.2, 0.25) is 5.91 Å². The Morgan fingerprint density at radius 2 is 2.20 bits per heavy atom. The number of hydrogen-bond acceptors (Lipinski definition) is 4. The molecule has 0 spiro atoms. The number of terminal acetylenes is 1. The number of nitrogens with one attached hydrogen (secondary N) is 1. The maximum Gasteiger partial charge on any atom is 0.242 e. The van der Waals surface area contributed by atoms with Crippen molar-refractivity contribution < 1.29 is 4.79 Å². The van der Waals surface area contributed by atoms with Crippen LogP contribution in [-0.4, -0.2) is 11.9 Å². The topological polar surface area (TPSA) is 78.9 Å². The maximum atomic E-state index is 11.9. The second-order valence-electron chi connectivity index (χ2n) is 4.88. The number of carbonyl (C=O) groups is 1. The molecule has 4 nitrogen and oxygen atoms in total. The van der Waals surface area contributed by atoms with Gasteiger partial charge in [0, 0.05) is 11.3 Å². The standard InChI is InChI=1S/C15H17N3OS/c1-2-6-12(17)14(19)18-15-11(9-16)10-7-4-3-5-8-13(10)20-15/h1,12H,3-8,17H2,(H,18,19). The van der Waals surface area contributed by atoms with Crippen molar-refractivity contribution in [1.82, 2.24) is 0 Å². The van der Waals surface area contributed by atoms with Crippen molar-refractivity contribution in [3.05, 3.63) is 16.0 Å². The minimum absolute atomic E-state index is 0.193. The van der Waals surface area contributed by atoms with Crippen LogP contribution in [0.4, 0.5) is 5.00 Å². The van der Waals surface area contributed by atoms with E-state index < -0.39 is 6.04 Å². The van der Waals surface area contributed by atoms with Gasteiger partial charge in [-0.2, -0.15) is 5.26 Å². The molecule has 2 rings (SSSR count). The average molecular weight is 287 g/mol. The third-order valence-corrected chi connectivity index (χ3v) is 4.65. The van der Waals surface area contributed by atoms with Crippen LogP contribution in [0, 0.1) is 23.7 Å². The fourth-order valence-electron chi connectivity index (χ4n) is 2.37. The number of thiophene rings is 1. The number of nitrogens with zero attached hydrogens (tertiary/aromatic N) is 1. The van der Waals surface area contributed by atoms with Crippen LogP contribution >= 0.6 is 11.3 Å². The quantitative estimate of drug-likeness (QED) is 0.660. The Labute approximate surface area is 123 Å². The molecule has 1 atom stereocenters. The molecule has 20 heavy (non-hydrogen) atoms. The first kappa shape index (κ1) is 14.6. The van der Waals surface area contributed by atoms with Gasteiger partial charge < -0.3 is 11.1 Å². The van der Waals surface area contributed by atoms with E-state index in [1.807, 2.05) is 0 Å². The molecule has 0 bridgehead atoms. The molecule has 1 heterocycles. The molecule has 1 unspecified atom stereocenters. The van der Waals surface area contributed by atoms with E-state index in [4.69, 9.17) is 12.2 Å². The SMILES string of the molecule is C#CCC(N)C(=O)Nc1sc2c(c1C#N)CCCCC2. The first-order valence-corrected chi connectivity index (χ1v) is 7.53. The van der Waals surface area contributed by atoms with Crippen LogP contribution in [0.2, 0.25) is 0 Å². The lowest BCUT2D eigenvalue weighted by Crippen LogP contribution is -2.35. The van der Waals surface area contributed by atoms with E-state index in [1.54, 1.807) is 0 Å². The average Bonchev–Trinajstić information content (AvgIpc) is 2.60. The zero-order valence-electron chi connectivity index (χ0n) is 11.2. The van der Waals surface area contributed by atoms with Crippen molar-refractivity contribution in [3.8, 4) is 18.4 Å². The second kappa shape index (κ2) is 6.56. The first-order chi connectivity index (χ1) is 9.67. The van der Waals surface area contributed by atoms with Crippen molar-refractivity contribution in [1.29, 1.82) is 5.26 Å². The second-order valence-corrected chi connectivity index (χ2v) is 5.99. The number of aryl methyl sites for hydroxylation is 1. The van der Waals surface area contributed by atoms with Gasteiger partial charge in [-0.25, -0.2) is 0 Å². The summed E-state index contributed by atoms with van der Waals surface area (Å²) in [6, 6.07) is 1.49. The van der Waals surface area contributed by atoms with Crippen molar-refractivity contribution >= 4 is 22.2 Å². The molecule has 104 valence electrons. The van der Waals surface area contributed by atoms with E-state index >= 15 is 0 Å². The van der Waals surface area contributed by atoms with Gasteiger partial charge in [0.15, 0.2) is 0 Å². The Bertz CT molecular complexity index is 591. The van der Waals surface area contributed by atoms with Crippen LogP contribution in [0.25, 0.3) is 0 Å². The van der Waals surface area contributed by atoms with Crippen molar-refractivity contribution in [2.24, 2.45) is 5.73 Å². The molecule has 1 aromatic rings. The Balaban J connectivity index is 2.23. The van der Waals surface area contributed by atoms with Crippen molar-refractivity contribution in [2.75, 3.05) is 5.32 Å². The molecule has 0 saturated carbocycles. The van der Waals surface area contributed by atoms with E-state index in [1.165, 1.54) is 22.6 Å². The van der Waals surface area contributed by atoms with Crippen LogP contribution in [0.3, 0.4) is 0 Å². The molecule has 1 aliphatic carbocycles. The first-order valence-electron chi connectivity index (χ1n) is 6.72. The molecule has 0 aliphatic heterocycles. The highest BCUT2D eigenvalue weighted by molar-refractivity contribution is 7.16. The van der Waals surface area contributed by atoms with Crippen molar-refractivity contribution in [2.45, 2.75) is 44.6 Å². The Kier molecular flexibility index (Phi) is 4.79. The van der Waals surface area contributed by atoms with Gasteiger partial charge in [-0.15, -0.1) is 23.7 Å². The molecule has 0 fully saturated rings. The summed E-state index contributed by atoms with van der Waals surface area (Å²) in [5, 5.41) is 12.7. The van der Waals surface area contributed by atoms with Crippen LogP contribution in [0.1, 0.15) is 41.7 Å². The molecular formula is C15H17N3OS. The van der Waals surface area contributed by atoms with Gasteiger partial charge in [0.1, 0.15) is 11.1 Å². The fourth-order valence-corrected chi connectivity index (χ4v) is 3.62. The molecule has 1 amide bonds. The van der Waals surface area contributed by atoms with Gasteiger partial charge in [0.25, 0.3) is 0 Å². The normalized spacial score (nSPS) is 15.3. The smallest absolute Gasteiger partial charge is 0.242 e. The lowest BCUT2D eigenvalue weighted by Gasteiger charge is -2.08. The van der Waals surface area contributed by atoms with Crippen LogP contribution in [0.15, 0.2) is 0 Å². The number of fused-ring (bicyclic) bond motifs is 1. The van der Waals surface area contributed by atoms with Gasteiger partial charge in [-0.05, 0) is 31.2 Å². The van der Waals surface area contributed by atoms with E-state index in [0.717, 1.165) is 31.2 Å². The fraction of sp³-hybridized carbons (Fsp3) is 0.467. The van der Waals surface area contributed by atoms with E-state index in [2.05, 4.69) is 17.3 Å². The Hall–Kier alpha value is -1.82. The van der Waals surface area contributed by atoms with Gasteiger partial charge in [0.05, 0.1) is 11.6 Å². The van der Waals surface area contributed by atoms with Crippen molar-refractivity contribution in [3.63, 3.8) is 0 Å². The molecule has 3 N–H and O–H groups in total. The lowest BCUT2D eigenvalue weighted by atomic mass is 10.1. The highest BCUT2D eigenvalue weighted by Gasteiger charge is 2.22. The molecule has 1 aliphatic rings. The van der Waals surface area contributed by atoms with Crippen LogP contribution in [-0.2, 0) is 17.6 Å². The summed E-state index contributed by atoms with van der Waals surface area (Å²) >= 11 is 1.50. The highest BCUT2D eigenvalue weighted by atomic mass is 32.1. The summed E-state index contributed by atoms with van der Waals surface area (Å²) in [5.41, 5.74) is 7.39. The summed E-state index contributed by atoms with van der Waals surface area (Å²) in [6.45, 7) is 0. The molecule has 0 saturated heterocycles. The molecule has 1 aromatic heterocycles. The number of amides is 1. The van der Waals surface area contributed by atoms with E-state index in [0.29, 0.717) is 10.6 Å². The zero-order valence-corrected chi connectivity index (χ0v) is 12.1. The number of anilines is 1. The maximum absolute atomic E-state index is 11.9. The number of hydrogen-bond donors (Lipinski definition) is 2. The zero-order chi connectivity index (χ0) is 14.5. The molecular weight excluding hydrogens is 270 g/mol. The van der Waals surface area contributed by atoms with E-state index in [9.17, 15) is 10.1 Å². The number of rotatable bonds is 3. The highest BCUT2D eigenvalue weighted by Crippen LogP contribution is 2.36. The summed E-state index contributed by atoms with van der Waals surface area (Å²) < 4.78 is 0. The Morgan fingerprint density at radius 1 is 1.45 bits per heavy atom. The summed E-state index contributed by atoms with van der Waals surface area (Å²) in [5.74, 6) is 2.05.